The van der Waals surface area contributed by atoms with E-state index < -0.39 is 0 Å². The van der Waals surface area contributed by atoms with Gasteiger partial charge in [-0.2, -0.15) is 0 Å². The van der Waals surface area contributed by atoms with Crippen molar-refractivity contribution in [1.82, 2.24) is 0 Å². The van der Waals surface area contributed by atoms with Crippen molar-refractivity contribution in [3.05, 3.63) is 35.4 Å². The lowest BCUT2D eigenvalue weighted by Gasteiger charge is -2.03. The molecule has 0 bridgehead atoms. The third kappa shape index (κ3) is 3.42. The Bertz CT molecular complexity index is 397. The highest BCUT2D eigenvalue weighted by molar-refractivity contribution is 5.74. The van der Waals surface area contributed by atoms with Crippen LogP contribution in [0.2, 0.25) is 0 Å². The Morgan fingerprint density at radius 2 is 2.25 bits per heavy atom. The fourth-order valence-corrected chi connectivity index (χ4v) is 1.35. The minimum absolute atomic E-state index is 0.218. The highest BCUT2D eigenvalue weighted by atomic mass is 16.5. The molecular formula is C13H17NO2. The molecule has 0 radical (unpaired) electrons. The second kappa shape index (κ2) is 5.95. The van der Waals surface area contributed by atoms with Crippen LogP contribution in [0.1, 0.15) is 24.5 Å². The Balaban J connectivity index is 2.63. The Morgan fingerprint density at radius 1 is 1.50 bits per heavy atom. The molecule has 86 valence electrons. The standard InChI is InChI=1S/C13H17NO2/c1-3-16-12(15)9-5-8-11-7-4-6-10(2)13(11)14/h4-8H,3,9,14H2,1-2H3. The lowest BCUT2D eigenvalue weighted by atomic mass is 10.1. The van der Waals surface area contributed by atoms with Crippen molar-refractivity contribution in [2.24, 2.45) is 0 Å². The van der Waals surface area contributed by atoms with E-state index in [1.807, 2.05) is 31.2 Å². The molecule has 16 heavy (non-hydrogen) atoms. The first-order valence-electron chi connectivity index (χ1n) is 5.32. The zero-order chi connectivity index (χ0) is 12.0. The molecule has 0 atom stereocenters. The summed E-state index contributed by atoms with van der Waals surface area (Å²) in [4.78, 5) is 11.1. The number of carbonyl (C=O) groups is 1. The molecule has 0 aromatic heterocycles. The van der Waals surface area contributed by atoms with E-state index in [-0.39, 0.29) is 12.4 Å². The van der Waals surface area contributed by atoms with Crippen molar-refractivity contribution in [1.29, 1.82) is 0 Å². The summed E-state index contributed by atoms with van der Waals surface area (Å²) in [5, 5.41) is 0. The molecule has 0 aliphatic rings. The molecule has 1 rings (SSSR count). The summed E-state index contributed by atoms with van der Waals surface area (Å²) in [5.74, 6) is -0.218. The molecular weight excluding hydrogens is 202 g/mol. The minimum atomic E-state index is -0.218. The van der Waals surface area contributed by atoms with Gasteiger partial charge in [0.15, 0.2) is 0 Å². The van der Waals surface area contributed by atoms with Gasteiger partial charge >= 0.3 is 5.97 Å². The average Bonchev–Trinajstić information content (AvgIpc) is 2.25. The van der Waals surface area contributed by atoms with E-state index >= 15 is 0 Å². The SMILES string of the molecule is CCOC(=O)CC=Cc1cccc(C)c1N. The fraction of sp³-hybridized carbons (Fsp3) is 0.308. The van der Waals surface area contributed by atoms with Gasteiger partial charge in [0.05, 0.1) is 13.0 Å². The van der Waals surface area contributed by atoms with Gasteiger partial charge < -0.3 is 10.5 Å². The molecule has 3 heteroatoms. The zero-order valence-corrected chi connectivity index (χ0v) is 9.69. The van der Waals surface area contributed by atoms with Crippen molar-refractivity contribution in [3.8, 4) is 0 Å². The highest BCUT2D eigenvalue weighted by Gasteiger charge is 1.99. The van der Waals surface area contributed by atoms with E-state index in [1.165, 1.54) is 0 Å². The van der Waals surface area contributed by atoms with Gasteiger partial charge in [-0.15, -0.1) is 0 Å². The van der Waals surface area contributed by atoms with Crippen molar-refractivity contribution < 1.29 is 9.53 Å². The number of rotatable bonds is 4. The highest BCUT2D eigenvalue weighted by Crippen LogP contribution is 2.17. The van der Waals surface area contributed by atoms with Crippen LogP contribution >= 0.6 is 0 Å². The normalized spacial score (nSPS) is 10.6. The summed E-state index contributed by atoms with van der Waals surface area (Å²) in [5.41, 5.74) is 8.62. The summed E-state index contributed by atoms with van der Waals surface area (Å²) in [6, 6.07) is 5.82. The molecule has 0 saturated heterocycles. The number of aryl methyl sites for hydroxylation is 1. The van der Waals surface area contributed by atoms with Crippen LogP contribution in [0.15, 0.2) is 24.3 Å². The minimum Gasteiger partial charge on any atom is -0.466 e. The van der Waals surface area contributed by atoms with Crippen LogP contribution in [0.5, 0.6) is 0 Å². The van der Waals surface area contributed by atoms with E-state index in [0.717, 1.165) is 16.8 Å². The average molecular weight is 219 g/mol. The number of anilines is 1. The quantitative estimate of drug-likeness (QED) is 0.625. The number of carbonyl (C=O) groups excluding carboxylic acids is 1. The number of nitrogen functional groups attached to an aromatic ring is 1. The maximum absolute atomic E-state index is 11.1. The summed E-state index contributed by atoms with van der Waals surface area (Å²) >= 11 is 0. The number of nitrogens with two attached hydrogens (primary N) is 1. The maximum Gasteiger partial charge on any atom is 0.309 e. The number of hydrogen-bond donors (Lipinski definition) is 1. The van der Waals surface area contributed by atoms with Gasteiger partial charge in [0.25, 0.3) is 0 Å². The van der Waals surface area contributed by atoms with Crippen molar-refractivity contribution in [2.75, 3.05) is 12.3 Å². The predicted octanol–water partition coefficient (Wildman–Crippen LogP) is 2.54. The van der Waals surface area contributed by atoms with Crippen LogP contribution in [0, 0.1) is 6.92 Å². The fourth-order valence-electron chi connectivity index (χ4n) is 1.35. The largest absolute Gasteiger partial charge is 0.466 e. The molecule has 0 heterocycles. The first kappa shape index (κ1) is 12.3. The molecule has 0 aliphatic heterocycles. The van der Waals surface area contributed by atoms with Gasteiger partial charge in [0, 0.05) is 5.69 Å². The monoisotopic (exact) mass is 219 g/mol. The van der Waals surface area contributed by atoms with Gasteiger partial charge in [-0.25, -0.2) is 0 Å². The van der Waals surface area contributed by atoms with Gasteiger partial charge in [-0.3, -0.25) is 4.79 Å². The summed E-state index contributed by atoms with van der Waals surface area (Å²) < 4.78 is 4.81. The smallest absolute Gasteiger partial charge is 0.309 e. The Labute approximate surface area is 95.9 Å². The van der Waals surface area contributed by atoms with Crippen LogP contribution in [-0.4, -0.2) is 12.6 Å². The lowest BCUT2D eigenvalue weighted by molar-refractivity contribution is -0.142. The van der Waals surface area contributed by atoms with Crippen LogP contribution in [0.25, 0.3) is 6.08 Å². The molecule has 0 fully saturated rings. The molecule has 0 aliphatic carbocycles. The number of esters is 1. The van der Waals surface area contributed by atoms with Crippen molar-refractivity contribution >= 4 is 17.7 Å². The summed E-state index contributed by atoms with van der Waals surface area (Å²) in [6.07, 6.45) is 3.89. The zero-order valence-electron chi connectivity index (χ0n) is 9.69. The van der Waals surface area contributed by atoms with E-state index in [9.17, 15) is 4.79 Å². The maximum atomic E-state index is 11.1. The van der Waals surface area contributed by atoms with Gasteiger partial charge in [-0.1, -0.05) is 30.4 Å². The van der Waals surface area contributed by atoms with E-state index in [4.69, 9.17) is 10.5 Å². The molecule has 2 N–H and O–H groups in total. The summed E-state index contributed by atoms with van der Waals surface area (Å²) in [7, 11) is 0. The molecule has 3 nitrogen and oxygen atoms in total. The number of hydrogen-bond acceptors (Lipinski definition) is 3. The Morgan fingerprint density at radius 3 is 2.94 bits per heavy atom. The van der Waals surface area contributed by atoms with E-state index in [0.29, 0.717) is 6.61 Å². The topological polar surface area (TPSA) is 52.3 Å². The number of benzene rings is 1. The molecule has 1 aromatic rings. The van der Waals surface area contributed by atoms with Crippen LogP contribution < -0.4 is 5.73 Å². The molecule has 0 spiro atoms. The van der Waals surface area contributed by atoms with Crippen LogP contribution in [-0.2, 0) is 9.53 Å². The first-order chi connectivity index (χ1) is 7.65. The predicted molar refractivity (Wildman–Crippen MR) is 65.9 cm³/mol. The second-order valence-corrected chi connectivity index (χ2v) is 3.49. The Hall–Kier alpha value is -1.77. The van der Waals surface area contributed by atoms with Gasteiger partial charge in [-0.05, 0) is 25.0 Å². The van der Waals surface area contributed by atoms with Crippen molar-refractivity contribution in [2.45, 2.75) is 20.3 Å². The van der Waals surface area contributed by atoms with E-state index in [2.05, 4.69) is 0 Å². The lowest BCUT2D eigenvalue weighted by Crippen LogP contribution is -2.01. The van der Waals surface area contributed by atoms with Gasteiger partial charge in [0.2, 0.25) is 0 Å². The van der Waals surface area contributed by atoms with E-state index in [1.54, 1.807) is 13.0 Å². The van der Waals surface area contributed by atoms with Crippen LogP contribution in [0.4, 0.5) is 5.69 Å². The summed E-state index contributed by atoms with van der Waals surface area (Å²) in [6.45, 7) is 4.16. The second-order valence-electron chi connectivity index (χ2n) is 3.49. The number of ether oxygens (including phenoxy) is 1. The van der Waals surface area contributed by atoms with Gasteiger partial charge in [0.1, 0.15) is 0 Å². The Kier molecular flexibility index (Phi) is 4.58. The molecule has 0 saturated carbocycles. The third-order valence-electron chi connectivity index (χ3n) is 2.25. The first-order valence-corrected chi connectivity index (χ1v) is 5.32. The molecule has 1 aromatic carbocycles. The van der Waals surface area contributed by atoms with Crippen LogP contribution in [0.3, 0.4) is 0 Å². The molecule has 0 unspecified atom stereocenters. The third-order valence-corrected chi connectivity index (χ3v) is 2.25. The number of para-hydroxylation sites is 1. The van der Waals surface area contributed by atoms with Crippen molar-refractivity contribution in [3.63, 3.8) is 0 Å². The molecule has 0 amide bonds.